The summed E-state index contributed by atoms with van der Waals surface area (Å²) >= 11 is 0. The van der Waals surface area contributed by atoms with Crippen LogP contribution in [-0.4, -0.2) is 18.9 Å². The quantitative estimate of drug-likeness (QED) is 0.861. The van der Waals surface area contributed by atoms with Gasteiger partial charge in [-0.15, -0.1) is 0 Å². The summed E-state index contributed by atoms with van der Waals surface area (Å²) in [6, 6.07) is 8.51. The summed E-state index contributed by atoms with van der Waals surface area (Å²) in [7, 11) is 0. The van der Waals surface area contributed by atoms with Gasteiger partial charge >= 0.3 is 0 Å². The Balaban J connectivity index is 1.68. The lowest BCUT2D eigenvalue weighted by Gasteiger charge is -2.32. The van der Waals surface area contributed by atoms with E-state index in [4.69, 9.17) is 0 Å². The molecule has 0 bridgehead atoms. The third-order valence-corrected chi connectivity index (χ3v) is 4.43. The van der Waals surface area contributed by atoms with Crippen molar-refractivity contribution in [1.29, 1.82) is 0 Å². The largest absolute Gasteiger partial charge is 0.316 e. The Labute approximate surface area is 102 Å². The summed E-state index contributed by atoms with van der Waals surface area (Å²) in [6.45, 7) is 3.96. The van der Waals surface area contributed by atoms with Crippen LogP contribution >= 0.6 is 0 Å². The topological polar surface area (TPSA) is 29.1 Å². The molecule has 0 aromatic heterocycles. The zero-order valence-corrected chi connectivity index (χ0v) is 10.3. The van der Waals surface area contributed by atoms with Crippen LogP contribution in [0, 0.1) is 5.41 Å². The summed E-state index contributed by atoms with van der Waals surface area (Å²) in [4.78, 5) is 12.3. The number of carbonyl (C=O) groups excluding carboxylic acids is 1. The van der Waals surface area contributed by atoms with Crippen LogP contribution in [0.5, 0.6) is 0 Å². The first kappa shape index (κ1) is 11.0. The summed E-state index contributed by atoms with van der Waals surface area (Å²) in [5.41, 5.74) is 2.72. The first-order chi connectivity index (χ1) is 8.19. The number of hydrogen-bond acceptors (Lipinski definition) is 2. The number of nitrogens with one attached hydrogen (secondary N) is 1. The number of hydrogen-bond donors (Lipinski definition) is 1. The van der Waals surface area contributed by atoms with E-state index in [-0.39, 0.29) is 5.41 Å². The van der Waals surface area contributed by atoms with Crippen LogP contribution in [0.15, 0.2) is 24.3 Å². The summed E-state index contributed by atoms with van der Waals surface area (Å²) in [6.07, 6.45) is 2.82. The zero-order chi connectivity index (χ0) is 11.9. The minimum absolute atomic E-state index is 0.107. The molecule has 0 spiro atoms. The van der Waals surface area contributed by atoms with Crippen LogP contribution in [0.2, 0.25) is 0 Å². The van der Waals surface area contributed by atoms with Crippen LogP contribution in [-0.2, 0) is 11.2 Å². The first-order valence-corrected chi connectivity index (χ1v) is 6.51. The van der Waals surface area contributed by atoms with Crippen molar-refractivity contribution in [2.45, 2.75) is 32.1 Å². The van der Waals surface area contributed by atoms with E-state index >= 15 is 0 Å². The summed E-state index contributed by atoms with van der Waals surface area (Å²) in [5, 5.41) is 3.30. The molecule has 1 aromatic rings. The molecule has 1 saturated heterocycles. The maximum Gasteiger partial charge on any atom is 0.140 e. The highest BCUT2D eigenvalue weighted by Crippen LogP contribution is 2.40. The van der Waals surface area contributed by atoms with E-state index in [9.17, 15) is 4.79 Å². The molecular formula is C15H19NO. The molecular weight excluding hydrogens is 210 g/mol. The second-order valence-electron chi connectivity index (χ2n) is 5.71. The Kier molecular flexibility index (Phi) is 2.55. The monoisotopic (exact) mass is 229 g/mol. The van der Waals surface area contributed by atoms with Gasteiger partial charge in [0, 0.05) is 18.4 Å². The van der Waals surface area contributed by atoms with Gasteiger partial charge in [-0.05, 0) is 36.4 Å². The molecule has 2 heteroatoms. The van der Waals surface area contributed by atoms with E-state index in [1.807, 2.05) is 0 Å². The van der Waals surface area contributed by atoms with Gasteiger partial charge in [0.1, 0.15) is 5.78 Å². The predicted molar refractivity (Wildman–Crippen MR) is 68.1 cm³/mol. The maximum atomic E-state index is 12.3. The number of benzene rings is 1. The maximum absolute atomic E-state index is 12.3. The fraction of sp³-hybridized carbons (Fsp3) is 0.533. The minimum Gasteiger partial charge on any atom is -0.316 e. The van der Waals surface area contributed by atoms with Gasteiger partial charge in [0.05, 0.1) is 0 Å². The van der Waals surface area contributed by atoms with E-state index in [2.05, 4.69) is 36.5 Å². The molecule has 1 heterocycles. The van der Waals surface area contributed by atoms with Gasteiger partial charge in [0.2, 0.25) is 0 Å². The van der Waals surface area contributed by atoms with Gasteiger partial charge in [0.25, 0.3) is 0 Å². The zero-order valence-electron chi connectivity index (χ0n) is 10.3. The van der Waals surface area contributed by atoms with Crippen LogP contribution < -0.4 is 5.32 Å². The lowest BCUT2D eigenvalue weighted by molar-refractivity contribution is -0.127. The fourth-order valence-electron chi connectivity index (χ4n) is 3.07. The third-order valence-electron chi connectivity index (χ3n) is 4.43. The lowest BCUT2D eigenvalue weighted by Crippen LogP contribution is -2.33. The van der Waals surface area contributed by atoms with Crippen LogP contribution in [0.4, 0.5) is 0 Å². The van der Waals surface area contributed by atoms with Gasteiger partial charge in [0.15, 0.2) is 0 Å². The molecule has 2 aliphatic rings. The van der Waals surface area contributed by atoms with E-state index in [0.717, 1.165) is 32.4 Å². The molecule has 1 aromatic carbocycles. The number of carbonyl (C=O) groups is 1. The normalized spacial score (nSPS) is 30.8. The second kappa shape index (κ2) is 3.95. The number of Topliss-reactive ketones (excluding diaryl/α,β-unsaturated/α-hetero) is 1. The molecule has 2 nitrogen and oxygen atoms in total. The van der Waals surface area contributed by atoms with Gasteiger partial charge in [-0.3, -0.25) is 4.79 Å². The molecule has 0 amide bonds. The summed E-state index contributed by atoms with van der Waals surface area (Å²) < 4.78 is 0. The molecule has 0 radical (unpaired) electrons. The van der Waals surface area contributed by atoms with Gasteiger partial charge in [-0.1, -0.05) is 31.2 Å². The van der Waals surface area contributed by atoms with Crippen LogP contribution in [0.1, 0.15) is 36.8 Å². The van der Waals surface area contributed by atoms with Crippen LogP contribution in [0.25, 0.3) is 0 Å². The Bertz CT molecular complexity index is 446. The van der Waals surface area contributed by atoms with E-state index in [1.165, 1.54) is 11.1 Å². The second-order valence-corrected chi connectivity index (χ2v) is 5.71. The molecule has 90 valence electrons. The number of ketones is 1. The Morgan fingerprint density at radius 1 is 1.47 bits per heavy atom. The fourth-order valence-corrected chi connectivity index (χ4v) is 3.07. The minimum atomic E-state index is -0.107. The average molecular weight is 229 g/mol. The molecule has 3 rings (SSSR count). The van der Waals surface area contributed by atoms with Crippen LogP contribution in [0.3, 0.4) is 0 Å². The van der Waals surface area contributed by atoms with Gasteiger partial charge in [-0.25, -0.2) is 0 Å². The van der Waals surface area contributed by atoms with Crippen molar-refractivity contribution in [2.75, 3.05) is 13.1 Å². The van der Waals surface area contributed by atoms with Crippen molar-refractivity contribution in [3.63, 3.8) is 0 Å². The van der Waals surface area contributed by atoms with Crippen molar-refractivity contribution in [3.05, 3.63) is 35.4 Å². The van der Waals surface area contributed by atoms with Gasteiger partial charge < -0.3 is 5.32 Å². The van der Waals surface area contributed by atoms with Crippen molar-refractivity contribution >= 4 is 5.78 Å². The van der Waals surface area contributed by atoms with E-state index in [0.29, 0.717) is 11.7 Å². The van der Waals surface area contributed by atoms with E-state index in [1.54, 1.807) is 0 Å². The lowest BCUT2D eigenvalue weighted by atomic mass is 9.71. The van der Waals surface area contributed by atoms with Gasteiger partial charge in [-0.2, -0.15) is 0 Å². The number of rotatable bonds is 3. The smallest absolute Gasteiger partial charge is 0.140 e. The molecule has 1 aliphatic carbocycles. The van der Waals surface area contributed by atoms with Crippen molar-refractivity contribution in [2.24, 2.45) is 5.41 Å². The first-order valence-electron chi connectivity index (χ1n) is 6.51. The molecule has 2 unspecified atom stereocenters. The Hall–Kier alpha value is -1.15. The summed E-state index contributed by atoms with van der Waals surface area (Å²) in [5.74, 6) is 0.929. The molecule has 0 saturated carbocycles. The standard InChI is InChI=1S/C15H19NO/c1-15(6-7-16-10-15)14(17)9-12-8-11-4-2-3-5-13(11)12/h2-5,12,16H,6-10H2,1H3. The SMILES string of the molecule is CC1(C(=O)CC2Cc3ccccc32)CCNC1. The average Bonchev–Trinajstić information content (AvgIpc) is 2.74. The molecule has 1 N–H and O–H groups in total. The van der Waals surface area contributed by atoms with Crippen molar-refractivity contribution < 1.29 is 4.79 Å². The van der Waals surface area contributed by atoms with E-state index < -0.39 is 0 Å². The molecule has 2 atom stereocenters. The number of fused-ring (bicyclic) bond motifs is 1. The highest BCUT2D eigenvalue weighted by Gasteiger charge is 2.38. The Morgan fingerprint density at radius 2 is 2.29 bits per heavy atom. The molecule has 17 heavy (non-hydrogen) atoms. The highest BCUT2D eigenvalue weighted by molar-refractivity contribution is 5.86. The van der Waals surface area contributed by atoms with Crippen molar-refractivity contribution in [3.8, 4) is 0 Å². The molecule has 1 aliphatic heterocycles. The molecule has 1 fully saturated rings. The third kappa shape index (κ3) is 1.81. The Morgan fingerprint density at radius 3 is 3.00 bits per heavy atom. The van der Waals surface area contributed by atoms with Crippen molar-refractivity contribution in [1.82, 2.24) is 5.32 Å². The predicted octanol–water partition coefficient (Wildman–Crippen LogP) is 2.29. The highest BCUT2D eigenvalue weighted by atomic mass is 16.1.